The molecular formula is C14H19F3O2. The quantitative estimate of drug-likeness (QED) is 0.566. The van der Waals surface area contributed by atoms with Gasteiger partial charge in [-0.1, -0.05) is 11.8 Å². The number of terminal acetylenes is 2. The van der Waals surface area contributed by atoms with Crippen LogP contribution in [0.1, 0.15) is 34.6 Å². The summed E-state index contributed by atoms with van der Waals surface area (Å²) in [6.45, 7) is 6.89. The van der Waals surface area contributed by atoms with Crippen molar-refractivity contribution in [3.8, 4) is 24.7 Å². The molecular weight excluding hydrogens is 257 g/mol. The van der Waals surface area contributed by atoms with Gasteiger partial charge in [0.25, 0.3) is 0 Å². The molecule has 0 aromatic carbocycles. The third kappa shape index (κ3) is 6.00. The first-order valence-corrected chi connectivity index (χ1v) is 5.72. The van der Waals surface area contributed by atoms with Gasteiger partial charge in [0.1, 0.15) is 17.1 Å². The summed E-state index contributed by atoms with van der Waals surface area (Å²) in [5, 5.41) is 0. The average molecular weight is 276 g/mol. The third-order valence-electron chi connectivity index (χ3n) is 2.44. The summed E-state index contributed by atoms with van der Waals surface area (Å²) >= 11 is 0. The van der Waals surface area contributed by atoms with Crippen molar-refractivity contribution in [2.24, 2.45) is 5.92 Å². The van der Waals surface area contributed by atoms with Crippen molar-refractivity contribution in [1.82, 2.24) is 0 Å². The van der Waals surface area contributed by atoms with Crippen LogP contribution in [0.2, 0.25) is 0 Å². The Labute approximate surface area is 112 Å². The molecule has 0 rings (SSSR count). The largest absolute Gasteiger partial charge is 0.396 e. The number of hydrogen-bond donors (Lipinski definition) is 0. The van der Waals surface area contributed by atoms with E-state index in [1.54, 1.807) is 0 Å². The van der Waals surface area contributed by atoms with Crippen LogP contribution < -0.4 is 0 Å². The van der Waals surface area contributed by atoms with Gasteiger partial charge in [0, 0.05) is 0 Å². The molecule has 2 nitrogen and oxygen atoms in total. The number of hydrogen-bond acceptors (Lipinski definition) is 2. The number of rotatable bonds is 5. The number of ether oxygens (including phenoxy) is 2. The van der Waals surface area contributed by atoms with Crippen molar-refractivity contribution >= 4 is 0 Å². The van der Waals surface area contributed by atoms with E-state index in [4.69, 9.17) is 22.3 Å². The van der Waals surface area contributed by atoms with Crippen LogP contribution in [0.5, 0.6) is 0 Å². The minimum atomic E-state index is -4.47. The minimum Gasteiger partial charge on any atom is -0.333 e. The number of alkyl halides is 3. The van der Waals surface area contributed by atoms with Gasteiger partial charge in [-0.15, -0.1) is 12.8 Å². The molecule has 0 bridgehead atoms. The molecule has 0 aliphatic heterocycles. The molecule has 0 saturated carbocycles. The van der Waals surface area contributed by atoms with Crippen LogP contribution in [0.15, 0.2) is 0 Å². The standard InChI is InChI=1S/C14H19F3O2/c1-8-12(4,5)18-11(10(3)14(15,16)17)19-13(6,7)9-2/h1-2,10-11H,3-7H3. The van der Waals surface area contributed by atoms with Crippen LogP contribution >= 0.6 is 0 Å². The molecule has 1 atom stereocenters. The highest BCUT2D eigenvalue weighted by atomic mass is 19.4. The van der Waals surface area contributed by atoms with E-state index >= 15 is 0 Å². The van der Waals surface area contributed by atoms with Crippen molar-refractivity contribution in [3.05, 3.63) is 0 Å². The van der Waals surface area contributed by atoms with Crippen LogP contribution in [0, 0.1) is 30.6 Å². The van der Waals surface area contributed by atoms with Gasteiger partial charge >= 0.3 is 6.18 Å². The summed E-state index contributed by atoms with van der Waals surface area (Å²) in [7, 11) is 0. The summed E-state index contributed by atoms with van der Waals surface area (Å²) in [5.41, 5.74) is -2.37. The zero-order valence-electron chi connectivity index (χ0n) is 11.8. The molecule has 108 valence electrons. The van der Waals surface area contributed by atoms with Gasteiger partial charge in [0.15, 0.2) is 6.29 Å². The van der Waals surface area contributed by atoms with E-state index in [2.05, 4.69) is 11.8 Å². The fourth-order valence-corrected chi connectivity index (χ4v) is 1.03. The van der Waals surface area contributed by atoms with Gasteiger partial charge < -0.3 is 9.47 Å². The van der Waals surface area contributed by atoms with Crippen molar-refractivity contribution in [1.29, 1.82) is 0 Å². The molecule has 0 aliphatic rings. The number of halogens is 3. The van der Waals surface area contributed by atoms with Gasteiger partial charge in [-0.3, -0.25) is 0 Å². The maximum absolute atomic E-state index is 12.8. The van der Waals surface area contributed by atoms with Crippen LogP contribution in [0.4, 0.5) is 13.2 Å². The van der Waals surface area contributed by atoms with Gasteiger partial charge in [0.2, 0.25) is 0 Å². The summed E-state index contributed by atoms with van der Waals surface area (Å²) < 4.78 is 48.9. The van der Waals surface area contributed by atoms with Crippen molar-refractivity contribution in [2.75, 3.05) is 0 Å². The SMILES string of the molecule is C#CC(C)(C)OC(OC(C)(C)C#C)C(C)C(F)(F)F. The first-order valence-electron chi connectivity index (χ1n) is 5.72. The average Bonchev–Trinajstić information content (AvgIpc) is 2.25. The van der Waals surface area contributed by atoms with Gasteiger partial charge in [0.05, 0.1) is 0 Å². The lowest BCUT2D eigenvalue weighted by molar-refractivity contribution is -0.294. The summed E-state index contributed by atoms with van der Waals surface area (Å²) in [6, 6.07) is 0. The molecule has 1 unspecified atom stereocenters. The highest BCUT2D eigenvalue weighted by Crippen LogP contribution is 2.34. The fraction of sp³-hybridized carbons (Fsp3) is 0.714. The van der Waals surface area contributed by atoms with E-state index < -0.39 is 29.6 Å². The molecule has 0 amide bonds. The second-order valence-corrected chi connectivity index (χ2v) is 5.24. The fourth-order valence-electron chi connectivity index (χ4n) is 1.03. The van der Waals surface area contributed by atoms with E-state index in [0.29, 0.717) is 0 Å². The Morgan fingerprint density at radius 1 is 0.895 bits per heavy atom. The second kappa shape index (κ2) is 5.86. The Kier molecular flexibility index (Phi) is 5.50. The molecule has 0 aromatic heterocycles. The third-order valence-corrected chi connectivity index (χ3v) is 2.44. The Morgan fingerprint density at radius 2 is 1.21 bits per heavy atom. The topological polar surface area (TPSA) is 18.5 Å². The van der Waals surface area contributed by atoms with E-state index in [-0.39, 0.29) is 0 Å². The van der Waals surface area contributed by atoms with E-state index in [1.165, 1.54) is 27.7 Å². The Balaban J connectivity index is 5.19. The highest BCUT2D eigenvalue weighted by molar-refractivity contribution is 5.05. The molecule has 5 heteroatoms. The Hall–Kier alpha value is -1.17. The van der Waals surface area contributed by atoms with Crippen molar-refractivity contribution in [3.63, 3.8) is 0 Å². The molecule has 19 heavy (non-hydrogen) atoms. The lowest BCUT2D eigenvalue weighted by Gasteiger charge is -2.35. The second-order valence-electron chi connectivity index (χ2n) is 5.24. The van der Waals surface area contributed by atoms with Crippen LogP contribution in [-0.2, 0) is 9.47 Å². The van der Waals surface area contributed by atoms with Gasteiger partial charge in [-0.25, -0.2) is 0 Å². The lowest BCUT2D eigenvalue weighted by Crippen LogP contribution is -2.44. The Bertz CT molecular complexity index is 355. The molecule has 0 N–H and O–H groups in total. The van der Waals surface area contributed by atoms with Crippen LogP contribution in [-0.4, -0.2) is 23.7 Å². The van der Waals surface area contributed by atoms with Crippen molar-refractivity contribution < 1.29 is 22.6 Å². The van der Waals surface area contributed by atoms with E-state index in [9.17, 15) is 13.2 Å². The van der Waals surface area contributed by atoms with Crippen LogP contribution in [0.3, 0.4) is 0 Å². The zero-order chi connectivity index (χ0) is 15.5. The minimum absolute atomic E-state index is 0.962. The van der Waals surface area contributed by atoms with E-state index in [0.717, 1.165) is 6.92 Å². The summed E-state index contributed by atoms with van der Waals surface area (Å²) in [6.07, 6.45) is 4.37. The van der Waals surface area contributed by atoms with Crippen LogP contribution in [0.25, 0.3) is 0 Å². The molecule has 0 aromatic rings. The summed E-state index contributed by atoms with van der Waals surface area (Å²) in [4.78, 5) is 0. The molecule has 0 saturated heterocycles. The van der Waals surface area contributed by atoms with Gasteiger partial charge in [-0.2, -0.15) is 13.2 Å². The molecule has 0 aliphatic carbocycles. The molecule has 0 radical (unpaired) electrons. The smallest absolute Gasteiger partial charge is 0.333 e. The Morgan fingerprint density at radius 3 is 1.42 bits per heavy atom. The molecule has 0 heterocycles. The van der Waals surface area contributed by atoms with E-state index in [1.807, 2.05) is 0 Å². The van der Waals surface area contributed by atoms with Gasteiger partial charge in [-0.05, 0) is 34.6 Å². The predicted octanol–water partition coefficient (Wildman–Crippen LogP) is 3.37. The first-order chi connectivity index (χ1) is 8.34. The lowest BCUT2D eigenvalue weighted by atomic mass is 10.1. The van der Waals surface area contributed by atoms with Crippen molar-refractivity contribution in [2.45, 2.75) is 58.3 Å². The molecule has 0 spiro atoms. The normalized spacial score (nSPS) is 14.9. The molecule has 0 fully saturated rings. The zero-order valence-corrected chi connectivity index (χ0v) is 11.8. The highest BCUT2D eigenvalue weighted by Gasteiger charge is 2.45. The predicted molar refractivity (Wildman–Crippen MR) is 67.0 cm³/mol. The maximum atomic E-state index is 12.8. The maximum Gasteiger partial charge on any atom is 0.396 e. The summed E-state index contributed by atoms with van der Waals surface area (Å²) in [5.74, 6) is 2.67. The monoisotopic (exact) mass is 276 g/mol. The first kappa shape index (κ1) is 17.8.